The smallest absolute Gasteiger partial charge is 0.331 e. The first-order valence-electron chi connectivity index (χ1n) is 27.7. The third-order valence-electron chi connectivity index (χ3n) is 19.1. The number of aliphatic hydroxyl groups is 3. The van der Waals surface area contributed by atoms with Crippen LogP contribution in [0.1, 0.15) is 146 Å². The van der Waals surface area contributed by atoms with Gasteiger partial charge in [0.1, 0.15) is 55.4 Å². The minimum Gasteiger partial charge on any atom is -0.462 e. The number of cyclic esters (lactones) is 1. The number of hydrogen-bond acceptors (Lipinski definition) is 21. The molecule has 5 heterocycles. The zero-order valence-electron chi connectivity index (χ0n) is 45.7. The molecule has 3 N–H and O–H groups in total. The van der Waals surface area contributed by atoms with Crippen LogP contribution in [0.5, 0.6) is 0 Å². The van der Waals surface area contributed by atoms with Crippen molar-refractivity contribution >= 4 is 29.8 Å². The van der Waals surface area contributed by atoms with Gasteiger partial charge in [-0.1, -0.05) is 13.8 Å². The van der Waals surface area contributed by atoms with E-state index < -0.39 is 133 Å². The molecular formula is C55H82O21. The fraction of sp³-hybridized carbons (Fsp3) is 0.873. The molecule has 9 aliphatic rings. The molecule has 0 bridgehead atoms. The van der Waals surface area contributed by atoms with E-state index in [0.717, 1.165) is 37.7 Å². The van der Waals surface area contributed by atoms with Crippen LogP contribution in [-0.2, 0) is 85.6 Å². The molecule has 0 unspecified atom stereocenters. The van der Waals surface area contributed by atoms with E-state index in [1.54, 1.807) is 26.8 Å². The second kappa shape index (κ2) is 22.7. The van der Waals surface area contributed by atoms with Gasteiger partial charge in [0.15, 0.2) is 25.2 Å². The molecule has 0 radical (unpaired) electrons. The first-order valence-corrected chi connectivity index (χ1v) is 27.7. The predicted molar refractivity (Wildman–Crippen MR) is 261 cm³/mol. The molecule has 0 aromatic carbocycles. The van der Waals surface area contributed by atoms with Gasteiger partial charge in [0.05, 0.1) is 42.2 Å². The Morgan fingerprint density at radius 3 is 1.54 bits per heavy atom. The maximum atomic E-state index is 13.0. The Balaban J connectivity index is 0.822. The van der Waals surface area contributed by atoms with E-state index in [1.807, 2.05) is 6.92 Å². The maximum absolute atomic E-state index is 13.0. The van der Waals surface area contributed by atoms with E-state index in [2.05, 4.69) is 13.8 Å². The van der Waals surface area contributed by atoms with Crippen molar-refractivity contribution in [2.45, 2.75) is 263 Å². The van der Waals surface area contributed by atoms with Crippen molar-refractivity contribution in [1.82, 2.24) is 0 Å². The van der Waals surface area contributed by atoms with E-state index in [1.165, 1.54) is 27.7 Å². The number of ether oxygens (including phenoxy) is 13. The molecule has 0 aromatic heterocycles. The second-order valence-corrected chi connectivity index (χ2v) is 23.8. The third kappa shape index (κ3) is 11.4. The van der Waals surface area contributed by atoms with Crippen LogP contribution in [0.15, 0.2) is 11.6 Å². The zero-order valence-corrected chi connectivity index (χ0v) is 45.7. The summed E-state index contributed by atoms with van der Waals surface area (Å²) in [5, 5.41) is 33.6. The van der Waals surface area contributed by atoms with Crippen molar-refractivity contribution in [3.8, 4) is 0 Å². The summed E-state index contributed by atoms with van der Waals surface area (Å²) in [6, 6.07) is 0. The van der Waals surface area contributed by atoms with Crippen LogP contribution >= 0.6 is 0 Å². The molecule has 76 heavy (non-hydrogen) atoms. The summed E-state index contributed by atoms with van der Waals surface area (Å²) in [5.74, 6) is -2.21. The van der Waals surface area contributed by atoms with Crippen molar-refractivity contribution in [3.63, 3.8) is 0 Å². The molecule has 21 heteroatoms. The minimum absolute atomic E-state index is 0.00359. The van der Waals surface area contributed by atoms with Crippen molar-refractivity contribution in [1.29, 1.82) is 0 Å². The monoisotopic (exact) mass is 1080 g/mol. The van der Waals surface area contributed by atoms with Crippen LogP contribution in [0.3, 0.4) is 0 Å². The molecule has 21 nitrogen and oxygen atoms in total. The van der Waals surface area contributed by atoms with Gasteiger partial charge in [0, 0.05) is 64.9 Å². The van der Waals surface area contributed by atoms with Crippen LogP contribution in [0.4, 0.5) is 0 Å². The summed E-state index contributed by atoms with van der Waals surface area (Å²) in [6.45, 7) is 16.8. The Morgan fingerprint density at radius 2 is 1.07 bits per heavy atom. The van der Waals surface area contributed by atoms with Crippen LogP contribution in [0.25, 0.3) is 0 Å². The molecular weight excluding hydrogens is 997 g/mol. The molecule has 8 fully saturated rings. The van der Waals surface area contributed by atoms with Crippen LogP contribution in [0, 0.1) is 34.5 Å². The lowest BCUT2D eigenvalue weighted by Crippen LogP contribution is -2.67. The Morgan fingerprint density at radius 1 is 0.579 bits per heavy atom. The summed E-state index contributed by atoms with van der Waals surface area (Å²) < 4.78 is 80.1. The highest BCUT2D eigenvalue weighted by atomic mass is 16.8. The topological polar surface area (TPSA) is 266 Å². The standard InChI is InChI=1S/C55H82O21/c1-25-49(62)39(60)20-45(65-25)74-50-27(3)67-47(22-41(50)70-30(6)57)76-52-28(4)68-48(23-42(52)71-31(7)58)75-51-26(2)66-46(21-40(51)69-29(5)56)73-35-13-15-53(9)34(18-35)11-12-37-38(53)19-43(72-32(8)59)54(10)36(14-16-55(37,54)63)33-17-44(61)64-24-33/h17,25-28,34-43,45-52,60,62-63H,11-16,18-24H2,1-10H3/t25-,26-,27-,28-,34-,35+,36-,37-,38+,39+,40+,41+,42+,43-,45+,46+,47+,48+,49-,50-,51-,52-,53+,54+,55+/m1/s1. The number of hydrogen-bond donors (Lipinski definition) is 3. The van der Waals surface area contributed by atoms with Crippen molar-refractivity contribution in [3.05, 3.63) is 11.6 Å². The van der Waals surface area contributed by atoms with E-state index in [-0.39, 0.29) is 79.4 Å². The van der Waals surface area contributed by atoms with Crippen molar-refractivity contribution in [2.24, 2.45) is 34.5 Å². The quantitative estimate of drug-likeness (QED) is 0.131. The summed E-state index contributed by atoms with van der Waals surface area (Å²) in [6.07, 6.45) is -6.48. The normalized spacial score (nSPS) is 48.2. The lowest BCUT2D eigenvalue weighted by Gasteiger charge is -2.65. The summed E-state index contributed by atoms with van der Waals surface area (Å²) in [4.78, 5) is 62.5. The van der Waals surface area contributed by atoms with Gasteiger partial charge in [-0.25, -0.2) is 4.79 Å². The molecule has 4 saturated carbocycles. The van der Waals surface area contributed by atoms with Crippen molar-refractivity contribution < 1.29 is 101 Å². The van der Waals surface area contributed by atoms with E-state index in [0.29, 0.717) is 19.3 Å². The second-order valence-electron chi connectivity index (χ2n) is 23.8. The largest absolute Gasteiger partial charge is 0.462 e. The van der Waals surface area contributed by atoms with Gasteiger partial charge in [-0.15, -0.1) is 0 Å². The molecule has 0 aromatic rings. The van der Waals surface area contributed by atoms with Gasteiger partial charge >= 0.3 is 29.8 Å². The number of esters is 5. The lowest BCUT2D eigenvalue weighted by atomic mass is 9.42. The molecule has 25 atom stereocenters. The fourth-order valence-corrected chi connectivity index (χ4v) is 15.5. The molecule has 0 amide bonds. The first-order chi connectivity index (χ1) is 35.9. The SMILES string of the molecule is CC(=O)O[C@H]1C[C@H](O[C@H]2CC[C@@]3(C)[C@H](CC[C@@H]4[C@@H]3C[C@@H](OC(C)=O)[C@]3(C)[C@@H](C5=CC(=O)OC5)CC[C@]43O)C2)O[C@H](C)[C@H]1O[C@H]1C[C@H](OC(C)=O)[C@H](O[C@H]2C[C@H](OC(C)=O)[C@H](O[C@H]3C[C@H](O)[C@H](O)[C@@H](C)O3)[C@@H](C)O2)[C@@H](C)O1. The highest BCUT2D eigenvalue weighted by Gasteiger charge is 2.72. The molecule has 428 valence electrons. The van der Waals surface area contributed by atoms with E-state index >= 15 is 0 Å². The molecule has 4 saturated heterocycles. The van der Waals surface area contributed by atoms with E-state index in [4.69, 9.17) is 61.6 Å². The maximum Gasteiger partial charge on any atom is 0.331 e. The highest BCUT2D eigenvalue weighted by molar-refractivity contribution is 5.85. The Hall–Kier alpha value is -3.35. The summed E-state index contributed by atoms with van der Waals surface area (Å²) >= 11 is 0. The number of fused-ring (bicyclic) bond motifs is 5. The van der Waals surface area contributed by atoms with Gasteiger partial charge in [-0.05, 0) is 114 Å². The average molecular weight is 1080 g/mol. The molecule has 9 rings (SSSR count). The van der Waals surface area contributed by atoms with Crippen molar-refractivity contribution in [2.75, 3.05) is 6.61 Å². The van der Waals surface area contributed by atoms with Gasteiger partial charge in [0.25, 0.3) is 0 Å². The fourth-order valence-electron chi connectivity index (χ4n) is 15.5. The number of carbonyl (C=O) groups is 5. The molecule has 0 spiro atoms. The van der Waals surface area contributed by atoms with Crippen LogP contribution in [-0.4, -0.2) is 168 Å². The van der Waals surface area contributed by atoms with Gasteiger partial charge in [0.2, 0.25) is 0 Å². The first kappa shape index (κ1) is 57.3. The van der Waals surface area contributed by atoms with Crippen LogP contribution in [0.2, 0.25) is 0 Å². The lowest BCUT2D eigenvalue weighted by molar-refractivity contribution is -0.345. The Bertz CT molecular complexity index is 2160. The minimum atomic E-state index is -1.10. The number of aliphatic hydroxyl groups excluding tert-OH is 2. The molecule has 4 aliphatic carbocycles. The van der Waals surface area contributed by atoms with Gasteiger partial charge in [-0.3, -0.25) is 19.2 Å². The third-order valence-corrected chi connectivity index (χ3v) is 19.1. The van der Waals surface area contributed by atoms with Gasteiger partial charge < -0.3 is 76.9 Å². The average Bonchev–Trinajstić information content (AvgIpc) is 4.08. The van der Waals surface area contributed by atoms with Gasteiger partial charge in [-0.2, -0.15) is 0 Å². The summed E-state index contributed by atoms with van der Waals surface area (Å²) in [7, 11) is 0. The highest BCUT2D eigenvalue weighted by Crippen LogP contribution is 2.70. The predicted octanol–water partition coefficient (Wildman–Crippen LogP) is 4.38. The zero-order chi connectivity index (χ0) is 54.8. The number of rotatable bonds is 13. The Kier molecular flexibility index (Phi) is 17.1. The van der Waals surface area contributed by atoms with Crippen LogP contribution < -0.4 is 0 Å². The summed E-state index contributed by atoms with van der Waals surface area (Å²) in [5.41, 5.74) is -1.19. The molecule has 5 aliphatic heterocycles. The number of carbonyl (C=O) groups excluding carboxylic acids is 5. The Labute approximate surface area is 444 Å². The van der Waals surface area contributed by atoms with E-state index in [9.17, 15) is 39.3 Å².